The van der Waals surface area contributed by atoms with Crippen LogP contribution in [0.1, 0.15) is 38.5 Å². The van der Waals surface area contributed by atoms with Gasteiger partial charge < -0.3 is 19.5 Å². The van der Waals surface area contributed by atoms with E-state index in [1.807, 2.05) is 36.4 Å². The second-order valence-corrected chi connectivity index (χ2v) is 14.4. The Morgan fingerprint density at radius 2 is 1.85 bits per heavy atom. The molecule has 0 amide bonds. The highest BCUT2D eigenvalue weighted by Crippen LogP contribution is 2.43. The van der Waals surface area contributed by atoms with Crippen LogP contribution in [0.3, 0.4) is 0 Å². The quantitative estimate of drug-likeness (QED) is 0.237. The average Bonchev–Trinajstić information content (AvgIpc) is 3.59. The molecule has 1 unspecified atom stereocenters. The lowest BCUT2D eigenvalue weighted by atomic mass is 9.75. The molecule has 46 heavy (non-hydrogen) atoms. The molecule has 2 aromatic carbocycles. The number of pyridine rings is 1. The van der Waals surface area contributed by atoms with Crippen LogP contribution in [0.15, 0.2) is 42.6 Å². The summed E-state index contributed by atoms with van der Waals surface area (Å²) >= 11 is 0. The van der Waals surface area contributed by atoms with Crippen LogP contribution < -0.4 is 14.8 Å². The summed E-state index contributed by atoms with van der Waals surface area (Å²) in [7, 11) is 4.61. The Kier molecular flexibility index (Phi) is 7.96. The zero-order chi connectivity index (χ0) is 31.3. The Labute approximate surface area is 271 Å². The fraction of sp³-hybridized carbons (Fsp3) is 0.514. The minimum absolute atomic E-state index is 0.0217. The Morgan fingerprint density at radius 1 is 1.02 bits per heavy atom. The van der Waals surface area contributed by atoms with Gasteiger partial charge >= 0.3 is 6.01 Å². The summed E-state index contributed by atoms with van der Waals surface area (Å²) in [5.41, 5.74) is 1.64. The van der Waals surface area contributed by atoms with Gasteiger partial charge in [0, 0.05) is 43.5 Å². The molecule has 1 N–H and O–H groups in total. The van der Waals surface area contributed by atoms with E-state index in [-0.39, 0.29) is 28.3 Å². The number of rotatable bonds is 9. The second-order valence-electron chi connectivity index (χ2n) is 13.5. The summed E-state index contributed by atoms with van der Waals surface area (Å²) in [6.45, 7) is 6.68. The lowest BCUT2D eigenvalue weighted by Gasteiger charge is -2.51. The molecule has 1 aliphatic carbocycles. The number of anilines is 1. The maximum Gasteiger partial charge on any atom is 0.319 e. The highest BCUT2D eigenvalue weighted by Gasteiger charge is 2.48. The monoisotopic (exact) mass is 644 g/mol. The predicted octanol–water partition coefficient (Wildman–Crippen LogP) is 5.52. The van der Waals surface area contributed by atoms with Crippen molar-refractivity contribution < 1.29 is 18.6 Å². The van der Waals surface area contributed by atoms with Crippen molar-refractivity contribution in [2.24, 2.45) is 0 Å². The van der Waals surface area contributed by atoms with Crippen LogP contribution in [0, 0.1) is 5.82 Å². The minimum Gasteiger partial charge on any atom is -0.497 e. The van der Waals surface area contributed by atoms with Crippen molar-refractivity contribution in [3.05, 3.63) is 48.4 Å². The van der Waals surface area contributed by atoms with E-state index in [9.17, 15) is 0 Å². The van der Waals surface area contributed by atoms with Crippen molar-refractivity contribution >= 4 is 36.7 Å². The number of methoxy groups -OCH3 is 1. The van der Waals surface area contributed by atoms with Crippen molar-refractivity contribution in [3.63, 3.8) is 0 Å². The van der Waals surface area contributed by atoms with Crippen molar-refractivity contribution in [1.82, 2.24) is 24.8 Å². The number of fused-ring (bicyclic) bond motifs is 3. The molecule has 3 saturated heterocycles. The molecule has 9 nitrogen and oxygen atoms in total. The molecule has 11 heteroatoms. The Bertz CT molecular complexity index is 1770. The molecule has 0 spiro atoms. The zero-order valence-corrected chi connectivity index (χ0v) is 27.6. The lowest BCUT2D eigenvalue weighted by molar-refractivity contribution is -0.0493. The number of benzene rings is 2. The van der Waals surface area contributed by atoms with E-state index in [1.165, 1.54) is 6.42 Å². The smallest absolute Gasteiger partial charge is 0.319 e. The number of morpholine rings is 1. The van der Waals surface area contributed by atoms with Gasteiger partial charge in [-0.05, 0) is 73.6 Å². The molecule has 1 saturated carbocycles. The van der Waals surface area contributed by atoms with Crippen LogP contribution in [0.4, 0.5) is 10.2 Å². The van der Waals surface area contributed by atoms with Gasteiger partial charge in [-0.2, -0.15) is 9.97 Å². The van der Waals surface area contributed by atoms with E-state index in [4.69, 9.17) is 29.2 Å². The molecule has 4 fully saturated rings. The third-order valence-corrected chi connectivity index (χ3v) is 11.3. The summed E-state index contributed by atoms with van der Waals surface area (Å²) in [5.74, 6) is 0.704. The van der Waals surface area contributed by atoms with E-state index in [1.54, 1.807) is 13.3 Å². The molecule has 0 radical (unpaired) electrons. The van der Waals surface area contributed by atoms with Gasteiger partial charge in [-0.25, -0.2) is 4.39 Å². The summed E-state index contributed by atoms with van der Waals surface area (Å²) < 4.78 is 34.5. The van der Waals surface area contributed by atoms with Crippen LogP contribution in [-0.4, -0.2) is 101 Å². The van der Waals surface area contributed by atoms with Gasteiger partial charge in [0.15, 0.2) is 5.82 Å². The predicted molar refractivity (Wildman–Crippen MR) is 181 cm³/mol. The minimum atomic E-state index is -0.496. The largest absolute Gasteiger partial charge is 0.497 e. The van der Waals surface area contributed by atoms with E-state index >= 15 is 4.39 Å². The Morgan fingerprint density at radius 3 is 2.65 bits per heavy atom. The third-order valence-electron chi connectivity index (χ3n) is 10.8. The number of nitrogens with zero attached hydrogens (tertiary/aromatic N) is 5. The third kappa shape index (κ3) is 5.27. The maximum absolute atomic E-state index is 16.8. The number of hydrogen-bond acceptors (Lipinski definition) is 9. The summed E-state index contributed by atoms with van der Waals surface area (Å²) in [6.07, 6.45) is 8.42. The van der Waals surface area contributed by atoms with Crippen LogP contribution in [0.25, 0.3) is 32.9 Å². The average molecular weight is 645 g/mol. The molecule has 0 bridgehead atoms. The van der Waals surface area contributed by atoms with Gasteiger partial charge in [-0.15, -0.1) is 9.24 Å². The van der Waals surface area contributed by atoms with E-state index in [2.05, 4.69) is 24.4 Å². The summed E-state index contributed by atoms with van der Waals surface area (Å²) in [5, 5.41) is 6.02. The van der Waals surface area contributed by atoms with Gasteiger partial charge in [0.25, 0.3) is 0 Å². The maximum atomic E-state index is 16.8. The van der Waals surface area contributed by atoms with Gasteiger partial charge in [-0.1, -0.05) is 24.3 Å². The second kappa shape index (κ2) is 12.1. The van der Waals surface area contributed by atoms with Crippen molar-refractivity contribution in [2.75, 3.05) is 65.0 Å². The van der Waals surface area contributed by atoms with E-state index in [0.717, 1.165) is 82.3 Å². The lowest BCUT2D eigenvalue weighted by Crippen LogP contribution is -2.60. The first-order chi connectivity index (χ1) is 22.5. The fourth-order valence-corrected chi connectivity index (χ4v) is 8.96. The fourth-order valence-electron chi connectivity index (χ4n) is 8.26. The van der Waals surface area contributed by atoms with Crippen LogP contribution >= 0.6 is 9.24 Å². The number of hydrogen-bond donors (Lipinski definition) is 1. The van der Waals surface area contributed by atoms with E-state index < -0.39 is 5.82 Å². The van der Waals surface area contributed by atoms with Crippen molar-refractivity contribution in [3.8, 4) is 23.0 Å². The van der Waals surface area contributed by atoms with Crippen LogP contribution in [0.2, 0.25) is 0 Å². The normalized spacial score (nSPS) is 24.6. The van der Waals surface area contributed by atoms with Crippen LogP contribution in [0.5, 0.6) is 11.8 Å². The van der Waals surface area contributed by atoms with Gasteiger partial charge in [0.05, 0.1) is 31.2 Å². The highest BCUT2D eigenvalue weighted by molar-refractivity contribution is 7.17. The molecule has 3 atom stereocenters. The van der Waals surface area contributed by atoms with E-state index in [0.29, 0.717) is 41.3 Å². The summed E-state index contributed by atoms with van der Waals surface area (Å²) in [6, 6.07) is 11.9. The number of ether oxygens (including phenoxy) is 3. The molecule has 5 heterocycles. The first-order valence-electron chi connectivity index (χ1n) is 16.6. The molecular weight excluding hydrogens is 602 g/mol. The molecule has 2 aromatic heterocycles. The van der Waals surface area contributed by atoms with Gasteiger partial charge in [0.1, 0.15) is 29.4 Å². The van der Waals surface area contributed by atoms with Crippen molar-refractivity contribution in [1.29, 1.82) is 0 Å². The molecular formula is C35H42FN6O3P. The molecule has 3 aliphatic heterocycles. The number of aromatic nitrogens is 3. The molecule has 4 aliphatic rings. The first-order valence-corrected chi connectivity index (χ1v) is 17.3. The topological polar surface area (TPSA) is 84.9 Å². The van der Waals surface area contributed by atoms with Gasteiger partial charge in [0.2, 0.25) is 0 Å². The Balaban J connectivity index is 1.19. The molecule has 242 valence electrons. The Hall–Kier alpha value is -3.17. The first kappa shape index (κ1) is 30.2. The zero-order valence-electron chi connectivity index (χ0n) is 26.4. The number of nitrogens with one attached hydrogen (secondary N) is 1. The van der Waals surface area contributed by atoms with Crippen LogP contribution in [-0.2, 0) is 4.74 Å². The van der Waals surface area contributed by atoms with Gasteiger partial charge in [-0.3, -0.25) is 14.8 Å². The highest BCUT2D eigenvalue weighted by atomic mass is 31.0. The SMILES string of the molecule is COc1cc(-c2ncc3c(NCC4(N5CCOCC5)CCC4)nc(OC[C@@]45CCCN4C[C@H](P)C5)nc3c2F)c2ccccc2c1. The van der Waals surface area contributed by atoms with Crippen molar-refractivity contribution in [2.45, 2.75) is 55.3 Å². The summed E-state index contributed by atoms with van der Waals surface area (Å²) in [4.78, 5) is 19.4. The molecule has 4 aromatic rings. The molecule has 8 rings (SSSR count). The number of halogens is 1. The standard InChI is InChI=1S/C35H42FN6O3P/c1-43-24-16-23-6-2-3-7-26(23)27(17-24)30-29(36)31-28(19-37-30)32(38-21-34(8-4-9-34)41-12-14-44-15-13-41)40-33(39-31)45-22-35-10-5-11-42(35)20-25(46)18-35/h2-3,6-7,16-17,19,25H,4-5,8-15,18,20-22,46H2,1H3,(H,38,39,40)/t25-,35+/m1/s1.